The van der Waals surface area contributed by atoms with Crippen molar-refractivity contribution < 1.29 is 14.6 Å². The van der Waals surface area contributed by atoms with Crippen LogP contribution in [-0.2, 0) is 6.54 Å². The summed E-state index contributed by atoms with van der Waals surface area (Å²) in [6.45, 7) is 2.17. The smallest absolute Gasteiger partial charge is 0.356 e. The van der Waals surface area contributed by atoms with Gasteiger partial charge >= 0.3 is 5.97 Å². The van der Waals surface area contributed by atoms with Crippen molar-refractivity contribution in [1.82, 2.24) is 19.4 Å². The van der Waals surface area contributed by atoms with Crippen LogP contribution in [0.2, 0.25) is 0 Å². The summed E-state index contributed by atoms with van der Waals surface area (Å²) in [4.78, 5) is 11.2. The Labute approximate surface area is 155 Å². The second-order valence-electron chi connectivity index (χ2n) is 6.21. The zero-order chi connectivity index (χ0) is 19.0. The average molecular weight is 362 g/mol. The first-order chi connectivity index (χ1) is 13.1. The number of hydrogen-bond acceptors (Lipinski definition) is 4. The van der Waals surface area contributed by atoms with Crippen LogP contribution in [0, 0.1) is 6.92 Å². The lowest BCUT2D eigenvalue weighted by Crippen LogP contribution is -2.11. The van der Waals surface area contributed by atoms with Gasteiger partial charge in [-0.05, 0) is 31.2 Å². The molecule has 0 aliphatic rings. The zero-order valence-electron chi connectivity index (χ0n) is 15.0. The van der Waals surface area contributed by atoms with Gasteiger partial charge in [-0.2, -0.15) is 10.2 Å². The van der Waals surface area contributed by atoms with E-state index in [1.54, 1.807) is 17.9 Å². The Morgan fingerprint density at radius 2 is 1.89 bits per heavy atom. The summed E-state index contributed by atoms with van der Waals surface area (Å²) in [5.41, 5.74) is 4.36. The number of aromatic nitrogens is 4. The summed E-state index contributed by atoms with van der Waals surface area (Å²) >= 11 is 0. The highest BCUT2D eigenvalue weighted by atomic mass is 16.5. The summed E-state index contributed by atoms with van der Waals surface area (Å²) in [5.74, 6) is -0.385. The van der Waals surface area contributed by atoms with E-state index in [4.69, 9.17) is 9.84 Å². The number of carboxylic acid groups (broad SMARTS) is 1. The van der Waals surface area contributed by atoms with Crippen LogP contribution >= 0.6 is 0 Å². The van der Waals surface area contributed by atoms with Gasteiger partial charge in [-0.25, -0.2) is 9.31 Å². The maximum absolute atomic E-state index is 11.2. The molecular weight excluding hydrogens is 344 g/mol. The monoisotopic (exact) mass is 362 g/mol. The molecule has 7 nitrogen and oxygen atoms in total. The van der Waals surface area contributed by atoms with Crippen molar-refractivity contribution >= 4 is 11.5 Å². The summed E-state index contributed by atoms with van der Waals surface area (Å²) in [5, 5.41) is 18.1. The Morgan fingerprint density at radius 3 is 2.56 bits per heavy atom. The number of aromatic carboxylic acids is 1. The quantitative estimate of drug-likeness (QED) is 0.589. The third-order valence-corrected chi connectivity index (χ3v) is 4.47. The molecule has 1 N–H and O–H groups in total. The van der Waals surface area contributed by atoms with Gasteiger partial charge in [0.1, 0.15) is 11.4 Å². The van der Waals surface area contributed by atoms with Gasteiger partial charge in [0.05, 0.1) is 24.9 Å². The Balaban J connectivity index is 1.83. The molecule has 1 aromatic carbocycles. The molecule has 0 amide bonds. The summed E-state index contributed by atoms with van der Waals surface area (Å²) < 4.78 is 8.98. The van der Waals surface area contributed by atoms with Gasteiger partial charge in [0.25, 0.3) is 0 Å². The Morgan fingerprint density at radius 1 is 1.11 bits per heavy atom. The number of nitrogens with zero attached hydrogens (tertiary/aromatic N) is 4. The minimum absolute atomic E-state index is 0.0177. The number of fused-ring (bicyclic) bond motifs is 1. The number of methoxy groups -OCH3 is 1. The van der Waals surface area contributed by atoms with E-state index in [1.807, 2.05) is 60.0 Å². The molecule has 3 aromatic heterocycles. The third-order valence-electron chi connectivity index (χ3n) is 4.47. The van der Waals surface area contributed by atoms with Crippen molar-refractivity contribution in [1.29, 1.82) is 0 Å². The first-order valence-electron chi connectivity index (χ1n) is 8.45. The lowest BCUT2D eigenvalue weighted by Gasteiger charge is -2.12. The minimum Gasteiger partial charge on any atom is -0.495 e. The van der Waals surface area contributed by atoms with Crippen LogP contribution in [0.1, 0.15) is 21.9 Å². The van der Waals surface area contributed by atoms with E-state index in [9.17, 15) is 9.90 Å². The van der Waals surface area contributed by atoms with Crippen molar-refractivity contribution in [2.45, 2.75) is 13.5 Å². The fraction of sp³-hybridized carbons (Fsp3) is 0.150. The van der Waals surface area contributed by atoms with Crippen molar-refractivity contribution in [3.8, 4) is 17.0 Å². The van der Waals surface area contributed by atoms with Crippen molar-refractivity contribution in [3.63, 3.8) is 0 Å². The maximum atomic E-state index is 11.2. The van der Waals surface area contributed by atoms with Gasteiger partial charge in [-0.3, -0.25) is 4.68 Å². The van der Waals surface area contributed by atoms with Gasteiger partial charge in [0, 0.05) is 11.3 Å². The topological polar surface area (TPSA) is 81.7 Å². The van der Waals surface area contributed by atoms with Crippen LogP contribution in [0.4, 0.5) is 0 Å². The molecule has 0 bridgehead atoms. The van der Waals surface area contributed by atoms with E-state index in [1.165, 1.54) is 0 Å². The number of hydrogen-bond donors (Lipinski definition) is 1. The number of pyridine rings is 1. The van der Waals surface area contributed by atoms with E-state index < -0.39 is 5.97 Å². The number of rotatable bonds is 5. The van der Waals surface area contributed by atoms with Crippen molar-refractivity contribution in [3.05, 3.63) is 71.7 Å². The normalized spacial score (nSPS) is 11.0. The van der Waals surface area contributed by atoms with Crippen molar-refractivity contribution in [2.24, 2.45) is 0 Å². The van der Waals surface area contributed by atoms with Gasteiger partial charge in [-0.15, -0.1) is 0 Å². The fourth-order valence-electron chi connectivity index (χ4n) is 3.09. The van der Waals surface area contributed by atoms with E-state index in [2.05, 4.69) is 5.10 Å². The highest BCUT2D eigenvalue weighted by Crippen LogP contribution is 2.26. The lowest BCUT2D eigenvalue weighted by atomic mass is 10.1. The fourth-order valence-corrected chi connectivity index (χ4v) is 3.09. The molecule has 4 rings (SSSR count). The van der Waals surface area contributed by atoms with Crippen LogP contribution in [0.3, 0.4) is 0 Å². The van der Waals surface area contributed by atoms with Gasteiger partial charge in [0.2, 0.25) is 0 Å². The number of benzene rings is 1. The van der Waals surface area contributed by atoms with Gasteiger partial charge < -0.3 is 9.84 Å². The van der Waals surface area contributed by atoms with Crippen molar-refractivity contribution in [2.75, 3.05) is 7.11 Å². The molecule has 0 aliphatic heterocycles. The molecule has 4 aromatic rings. The standard InChI is InChI=1S/C20H18N4O3/c1-13-10-17(20(25)26)21-23(13)12-18-19(27-2)9-8-15-11-16(22-24(15)18)14-6-4-3-5-7-14/h3-11H,12H2,1-2H3,(H,25,26). The molecule has 7 heteroatoms. The highest BCUT2D eigenvalue weighted by molar-refractivity contribution is 5.85. The minimum atomic E-state index is -1.05. The predicted octanol–water partition coefficient (Wildman–Crippen LogP) is 3.26. The summed E-state index contributed by atoms with van der Waals surface area (Å²) in [7, 11) is 1.60. The molecule has 27 heavy (non-hydrogen) atoms. The van der Waals surface area contributed by atoms with Gasteiger partial charge in [-0.1, -0.05) is 30.3 Å². The second-order valence-corrected chi connectivity index (χ2v) is 6.21. The SMILES string of the molecule is COc1ccc2cc(-c3ccccc3)nn2c1Cn1nc(C(=O)O)cc1C. The average Bonchev–Trinajstić information content (AvgIpc) is 3.27. The molecule has 0 spiro atoms. The van der Waals surface area contributed by atoms with Crippen LogP contribution in [-0.4, -0.2) is 37.6 Å². The van der Waals surface area contributed by atoms with Gasteiger partial charge in [0.15, 0.2) is 5.69 Å². The second kappa shape index (κ2) is 6.60. The molecular formula is C20H18N4O3. The van der Waals surface area contributed by atoms with E-state index in [0.717, 1.165) is 28.2 Å². The summed E-state index contributed by atoms with van der Waals surface area (Å²) in [6, 6.07) is 17.3. The Bertz CT molecular complexity index is 1130. The molecule has 0 radical (unpaired) electrons. The van der Waals surface area contributed by atoms with E-state index >= 15 is 0 Å². The first-order valence-corrected chi connectivity index (χ1v) is 8.45. The Hall–Kier alpha value is -3.61. The molecule has 3 heterocycles. The molecule has 136 valence electrons. The number of aryl methyl sites for hydroxylation is 1. The third kappa shape index (κ3) is 3.03. The number of ether oxygens (including phenoxy) is 1. The molecule has 0 unspecified atom stereocenters. The van der Waals surface area contributed by atoms with Crippen LogP contribution in [0.15, 0.2) is 54.6 Å². The van der Waals surface area contributed by atoms with Crippen LogP contribution in [0.5, 0.6) is 5.75 Å². The first kappa shape index (κ1) is 16.8. The maximum Gasteiger partial charge on any atom is 0.356 e. The molecule has 0 fully saturated rings. The number of carboxylic acids is 1. The molecule has 0 aliphatic carbocycles. The van der Waals surface area contributed by atoms with Crippen LogP contribution < -0.4 is 4.74 Å². The van der Waals surface area contributed by atoms with E-state index in [0.29, 0.717) is 12.3 Å². The Kier molecular flexibility index (Phi) is 4.12. The largest absolute Gasteiger partial charge is 0.495 e. The highest BCUT2D eigenvalue weighted by Gasteiger charge is 2.16. The molecule has 0 atom stereocenters. The predicted molar refractivity (Wildman–Crippen MR) is 100 cm³/mol. The van der Waals surface area contributed by atoms with Crippen LogP contribution in [0.25, 0.3) is 16.8 Å². The lowest BCUT2D eigenvalue weighted by molar-refractivity contribution is 0.0689. The molecule has 0 saturated heterocycles. The van der Waals surface area contributed by atoms with E-state index in [-0.39, 0.29) is 5.69 Å². The zero-order valence-corrected chi connectivity index (χ0v) is 15.0. The molecule has 0 saturated carbocycles. The summed E-state index contributed by atoms with van der Waals surface area (Å²) in [6.07, 6.45) is 0. The number of carbonyl (C=O) groups is 1.